The van der Waals surface area contributed by atoms with E-state index in [0.29, 0.717) is 6.92 Å². The number of halogens is 2. The molecule has 0 spiro atoms. The SMILES string of the molecule is CC(OC(=O)COC1C2OC(=O)C3C2SC1C3C(C)(C)O)C(F)(F)S(=O)(=O)O. The molecule has 2 N–H and O–H groups in total. The van der Waals surface area contributed by atoms with Gasteiger partial charge in [0.25, 0.3) is 0 Å². The number of carbonyl (C=O) groups excluding carboxylic acids is 2. The van der Waals surface area contributed by atoms with Crippen molar-refractivity contribution in [3.63, 3.8) is 0 Å². The van der Waals surface area contributed by atoms with Gasteiger partial charge in [-0.15, -0.1) is 11.8 Å². The van der Waals surface area contributed by atoms with Crippen molar-refractivity contribution in [2.24, 2.45) is 11.8 Å². The molecular formula is C15H20F2O9S2. The van der Waals surface area contributed by atoms with Crippen LogP contribution in [0.25, 0.3) is 0 Å². The van der Waals surface area contributed by atoms with Crippen LogP contribution in [0.2, 0.25) is 0 Å². The summed E-state index contributed by atoms with van der Waals surface area (Å²) in [6, 6.07) is 0. The molecule has 3 rings (SSSR count). The van der Waals surface area contributed by atoms with Crippen molar-refractivity contribution in [1.29, 1.82) is 0 Å². The highest BCUT2D eigenvalue weighted by Gasteiger charge is 2.70. The van der Waals surface area contributed by atoms with Crippen molar-refractivity contribution in [2.75, 3.05) is 6.61 Å². The Morgan fingerprint density at radius 3 is 2.50 bits per heavy atom. The molecule has 9 nitrogen and oxygen atoms in total. The molecule has 0 saturated carbocycles. The first-order valence-corrected chi connectivity index (χ1v) is 10.8. The molecule has 7 unspecified atom stereocenters. The summed E-state index contributed by atoms with van der Waals surface area (Å²) in [7, 11) is -5.76. The third-order valence-electron chi connectivity index (χ3n) is 5.24. The largest absolute Gasteiger partial charge is 0.458 e. The fourth-order valence-electron chi connectivity index (χ4n) is 4.03. The summed E-state index contributed by atoms with van der Waals surface area (Å²) in [5.74, 6) is -2.69. The molecule has 3 aliphatic rings. The standard InChI is InChI=1S/C15H20F2O9S2/c1-5(15(16,17)28(21,22)23)25-6(18)4-24-9-10-11-7(13(19)26-10)8(12(9)27-11)14(2,3)20/h5,7-12,20H,4H2,1-3H3,(H,21,22,23). The van der Waals surface area contributed by atoms with Gasteiger partial charge in [-0.1, -0.05) is 0 Å². The molecule has 13 heteroatoms. The first-order chi connectivity index (χ1) is 12.7. The van der Waals surface area contributed by atoms with Crippen LogP contribution < -0.4 is 0 Å². The van der Waals surface area contributed by atoms with Gasteiger partial charge in [0.15, 0.2) is 6.10 Å². The summed E-state index contributed by atoms with van der Waals surface area (Å²) in [6.45, 7) is 2.94. The van der Waals surface area contributed by atoms with Crippen LogP contribution in [-0.2, 0) is 33.9 Å². The van der Waals surface area contributed by atoms with E-state index < -0.39 is 69.7 Å². The fourth-order valence-corrected chi connectivity index (χ4v) is 6.73. The van der Waals surface area contributed by atoms with E-state index in [1.54, 1.807) is 13.8 Å². The number of ether oxygens (including phenoxy) is 3. The molecule has 7 atom stereocenters. The van der Waals surface area contributed by atoms with Gasteiger partial charge in [-0.05, 0) is 20.8 Å². The minimum absolute atomic E-state index is 0.238. The molecule has 0 radical (unpaired) electrons. The Morgan fingerprint density at radius 2 is 1.96 bits per heavy atom. The number of fused-ring (bicyclic) bond motifs is 1. The molecule has 28 heavy (non-hydrogen) atoms. The zero-order chi connectivity index (χ0) is 21.2. The highest BCUT2D eigenvalue weighted by molar-refractivity contribution is 8.01. The van der Waals surface area contributed by atoms with E-state index in [2.05, 4.69) is 4.74 Å². The summed E-state index contributed by atoms with van der Waals surface area (Å²) in [5.41, 5.74) is -1.21. The summed E-state index contributed by atoms with van der Waals surface area (Å²) < 4.78 is 71.9. The van der Waals surface area contributed by atoms with E-state index in [0.717, 1.165) is 0 Å². The average molecular weight is 446 g/mol. The fraction of sp³-hybridized carbons (Fsp3) is 0.867. The number of aliphatic hydroxyl groups is 1. The minimum atomic E-state index is -5.76. The van der Waals surface area contributed by atoms with Crippen LogP contribution in [-0.4, -0.2) is 76.3 Å². The molecule has 3 saturated heterocycles. The third kappa shape index (κ3) is 3.40. The van der Waals surface area contributed by atoms with Gasteiger partial charge in [0.1, 0.15) is 18.8 Å². The number of hydrogen-bond donors (Lipinski definition) is 2. The van der Waals surface area contributed by atoms with Crippen molar-refractivity contribution in [1.82, 2.24) is 0 Å². The van der Waals surface area contributed by atoms with Crippen molar-refractivity contribution in [2.45, 2.75) is 60.4 Å². The number of rotatable bonds is 7. The molecule has 160 valence electrons. The quantitative estimate of drug-likeness (QED) is 0.412. The van der Waals surface area contributed by atoms with E-state index in [1.807, 2.05) is 0 Å². The van der Waals surface area contributed by atoms with Gasteiger partial charge in [-0.25, -0.2) is 4.79 Å². The average Bonchev–Trinajstić information content (AvgIpc) is 3.12. The number of thioether (sulfide) groups is 1. The highest BCUT2D eigenvalue weighted by atomic mass is 32.2. The molecule has 0 aromatic rings. The minimum Gasteiger partial charge on any atom is -0.458 e. The Kier molecular flexibility index (Phi) is 5.23. The van der Waals surface area contributed by atoms with Gasteiger partial charge in [-0.2, -0.15) is 17.2 Å². The molecular weight excluding hydrogens is 426 g/mol. The number of esters is 2. The van der Waals surface area contributed by atoms with E-state index >= 15 is 0 Å². The van der Waals surface area contributed by atoms with Gasteiger partial charge in [-0.3, -0.25) is 9.35 Å². The van der Waals surface area contributed by atoms with Crippen molar-refractivity contribution >= 4 is 33.8 Å². The Morgan fingerprint density at radius 1 is 1.36 bits per heavy atom. The molecule has 3 fully saturated rings. The lowest BCUT2D eigenvalue weighted by molar-refractivity contribution is -0.169. The molecule has 3 heterocycles. The molecule has 0 amide bonds. The van der Waals surface area contributed by atoms with Crippen LogP contribution in [0, 0.1) is 11.8 Å². The lowest BCUT2D eigenvalue weighted by Crippen LogP contribution is -2.51. The van der Waals surface area contributed by atoms with Crippen LogP contribution >= 0.6 is 11.8 Å². The number of alkyl halides is 2. The first kappa shape index (κ1) is 21.7. The lowest BCUT2D eigenvalue weighted by Gasteiger charge is -2.37. The zero-order valence-corrected chi connectivity index (χ0v) is 16.7. The van der Waals surface area contributed by atoms with Gasteiger partial charge in [0, 0.05) is 11.2 Å². The van der Waals surface area contributed by atoms with Crippen molar-refractivity contribution < 1.29 is 50.7 Å². The zero-order valence-electron chi connectivity index (χ0n) is 15.1. The maximum Gasteiger partial charge on any atom is 0.405 e. The van der Waals surface area contributed by atoms with E-state index in [9.17, 15) is 31.9 Å². The Balaban J connectivity index is 1.64. The molecule has 3 aliphatic heterocycles. The van der Waals surface area contributed by atoms with Crippen LogP contribution in [0.1, 0.15) is 20.8 Å². The van der Waals surface area contributed by atoms with Crippen LogP contribution in [0.5, 0.6) is 0 Å². The number of carbonyl (C=O) groups is 2. The summed E-state index contributed by atoms with van der Waals surface area (Å²) in [4.78, 5) is 23.9. The normalized spacial score (nSPS) is 35.8. The van der Waals surface area contributed by atoms with E-state index in [-0.39, 0.29) is 10.5 Å². The Labute approximate surface area is 163 Å². The Bertz CT molecular complexity index is 779. The van der Waals surface area contributed by atoms with E-state index in [1.165, 1.54) is 11.8 Å². The Hall–Kier alpha value is -1.02. The second kappa shape index (κ2) is 6.76. The maximum absolute atomic E-state index is 13.5. The summed E-state index contributed by atoms with van der Waals surface area (Å²) in [6.07, 6.45) is -3.82. The van der Waals surface area contributed by atoms with Gasteiger partial charge in [0.2, 0.25) is 0 Å². The van der Waals surface area contributed by atoms with Crippen molar-refractivity contribution in [3.8, 4) is 0 Å². The van der Waals surface area contributed by atoms with Gasteiger partial charge >= 0.3 is 27.3 Å². The first-order valence-electron chi connectivity index (χ1n) is 8.40. The maximum atomic E-state index is 13.5. The van der Waals surface area contributed by atoms with Crippen LogP contribution in [0.15, 0.2) is 0 Å². The topological polar surface area (TPSA) is 136 Å². The smallest absolute Gasteiger partial charge is 0.405 e. The molecule has 2 bridgehead atoms. The number of hydrogen-bond acceptors (Lipinski definition) is 9. The summed E-state index contributed by atoms with van der Waals surface area (Å²) in [5, 5.41) is 5.16. The third-order valence-corrected chi connectivity index (χ3v) is 8.01. The van der Waals surface area contributed by atoms with Crippen molar-refractivity contribution in [3.05, 3.63) is 0 Å². The van der Waals surface area contributed by atoms with Crippen LogP contribution in [0.4, 0.5) is 8.78 Å². The monoisotopic (exact) mass is 446 g/mol. The van der Waals surface area contributed by atoms with Crippen LogP contribution in [0.3, 0.4) is 0 Å². The molecule has 0 aromatic heterocycles. The van der Waals surface area contributed by atoms with E-state index in [4.69, 9.17) is 14.0 Å². The van der Waals surface area contributed by atoms with Gasteiger partial charge < -0.3 is 19.3 Å². The predicted octanol–water partition coefficient (Wildman–Crippen LogP) is 0.210. The van der Waals surface area contributed by atoms with Gasteiger partial charge in [0.05, 0.1) is 16.8 Å². The second-order valence-corrected chi connectivity index (χ2v) is 10.5. The highest BCUT2D eigenvalue weighted by Crippen LogP contribution is 2.61. The second-order valence-electron chi connectivity index (χ2n) is 7.62. The molecule has 0 aromatic carbocycles. The summed E-state index contributed by atoms with van der Waals surface area (Å²) >= 11 is 1.41. The lowest BCUT2D eigenvalue weighted by atomic mass is 9.71. The molecule has 0 aliphatic carbocycles. The predicted molar refractivity (Wildman–Crippen MR) is 90.1 cm³/mol.